The minimum Gasteiger partial charge on any atom is -0.396 e. The fraction of sp³-hybridized carbons (Fsp3) is 0.692. The Hall–Kier alpha value is -1.73. The Morgan fingerprint density at radius 2 is 1.90 bits per heavy atom. The molecule has 0 atom stereocenters. The molecule has 1 aromatic rings. The molecule has 21 heavy (non-hydrogen) atoms. The molecule has 2 rings (SSSR count). The topological polar surface area (TPSA) is 64.2 Å². The van der Waals surface area contributed by atoms with Crippen LogP contribution in [0.1, 0.15) is 24.2 Å². The molecule has 5 nitrogen and oxygen atoms in total. The highest BCUT2D eigenvalue weighted by molar-refractivity contribution is 5.76. The zero-order valence-corrected chi connectivity index (χ0v) is 12.1. The molecule has 0 bridgehead atoms. The molecule has 1 fully saturated rings. The van der Waals surface area contributed by atoms with Gasteiger partial charge in [-0.15, -0.1) is 0 Å². The van der Waals surface area contributed by atoms with Crippen molar-refractivity contribution in [1.82, 2.24) is 14.7 Å². The summed E-state index contributed by atoms with van der Waals surface area (Å²) in [5, 5.41) is 4.16. The second-order valence-electron chi connectivity index (χ2n) is 5.44. The zero-order chi connectivity index (χ0) is 15.8. The maximum Gasteiger partial charge on any atom is 0.391 e. The Morgan fingerprint density at radius 3 is 2.33 bits per heavy atom. The van der Waals surface area contributed by atoms with Gasteiger partial charge in [-0.2, -0.15) is 18.3 Å². The summed E-state index contributed by atoms with van der Waals surface area (Å²) in [4.78, 5) is 13.6. The van der Waals surface area contributed by atoms with Gasteiger partial charge in [0.1, 0.15) is 6.54 Å². The van der Waals surface area contributed by atoms with Gasteiger partial charge in [-0.3, -0.25) is 9.48 Å². The summed E-state index contributed by atoms with van der Waals surface area (Å²) in [6, 6.07) is 0. The number of likely N-dealkylation sites (tertiary alicyclic amines) is 1. The van der Waals surface area contributed by atoms with Crippen molar-refractivity contribution in [2.75, 3.05) is 18.8 Å². The van der Waals surface area contributed by atoms with Gasteiger partial charge in [0.2, 0.25) is 5.91 Å². The lowest BCUT2D eigenvalue weighted by Crippen LogP contribution is -2.43. The highest BCUT2D eigenvalue weighted by atomic mass is 19.4. The molecule has 1 saturated heterocycles. The van der Waals surface area contributed by atoms with Crippen molar-refractivity contribution < 1.29 is 18.0 Å². The number of anilines is 1. The summed E-state index contributed by atoms with van der Waals surface area (Å²) in [6.07, 6.45) is -4.23. The first-order valence-electron chi connectivity index (χ1n) is 6.84. The first-order valence-corrected chi connectivity index (χ1v) is 6.84. The number of nitrogens with zero attached hydrogens (tertiary/aromatic N) is 3. The molecule has 0 radical (unpaired) electrons. The first kappa shape index (κ1) is 15.7. The molecular weight excluding hydrogens is 285 g/mol. The molecule has 0 aliphatic carbocycles. The summed E-state index contributed by atoms with van der Waals surface area (Å²) < 4.78 is 39.3. The van der Waals surface area contributed by atoms with Crippen LogP contribution < -0.4 is 5.73 Å². The van der Waals surface area contributed by atoms with Crippen molar-refractivity contribution in [1.29, 1.82) is 0 Å². The van der Waals surface area contributed by atoms with Crippen LogP contribution in [0.15, 0.2) is 0 Å². The molecule has 1 aliphatic rings. The number of amides is 1. The number of piperidine rings is 1. The SMILES string of the molecule is Cc1nn(CC(=O)N2CCC(C(F)(F)F)CC2)c(C)c1N. The largest absolute Gasteiger partial charge is 0.396 e. The Morgan fingerprint density at radius 1 is 1.33 bits per heavy atom. The Labute approximate surface area is 120 Å². The van der Waals surface area contributed by atoms with Crippen molar-refractivity contribution in [2.45, 2.75) is 39.4 Å². The number of alkyl halides is 3. The Bertz CT molecular complexity index is 530. The standard InChI is InChI=1S/C13H19F3N4O/c1-8-12(17)9(2)20(18-8)7-11(21)19-5-3-10(4-6-19)13(14,15)16/h10H,3-7,17H2,1-2H3. The van der Waals surface area contributed by atoms with Gasteiger partial charge in [-0.1, -0.05) is 0 Å². The predicted molar refractivity (Wildman–Crippen MR) is 71.5 cm³/mol. The third-order valence-corrected chi connectivity index (χ3v) is 4.03. The average Bonchev–Trinajstić information content (AvgIpc) is 2.65. The maximum absolute atomic E-state index is 12.6. The van der Waals surface area contributed by atoms with Crippen LogP contribution in [0, 0.1) is 19.8 Å². The van der Waals surface area contributed by atoms with E-state index >= 15 is 0 Å². The van der Waals surface area contributed by atoms with Gasteiger partial charge in [0.05, 0.1) is 23.0 Å². The van der Waals surface area contributed by atoms with E-state index in [9.17, 15) is 18.0 Å². The van der Waals surface area contributed by atoms with E-state index in [-0.39, 0.29) is 38.4 Å². The number of hydrogen-bond acceptors (Lipinski definition) is 3. The summed E-state index contributed by atoms with van der Waals surface area (Å²) >= 11 is 0. The first-order chi connectivity index (χ1) is 9.70. The molecule has 2 N–H and O–H groups in total. The van der Waals surface area contributed by atoms with Crippen LogP contribution >= 0.6 is 0 Å². The molecule has 118 valence electrons. The molecule has 1 amide bonds. The smallest absolute Gasteiger partial charge is 0.391 e. The van der Waals surface area contributed by atoms with Gasteiger partial charge in [-0.25, -0.2) is 0 Å². The predicted octanol–water partition coefficient (Wildman–Crippen LogP) is 1.88. The van der Waals surface area contributed by atoms with Crippen molar-refractivity contribution >= 4 is 11.6 Å². The normalized spacial score (nSPS) is 17.3. The average molecular weight is 304 g/mol. The third-order valence-electron chi connectivity index (χ3n) is 4.03. The number of nitrogens with two attached hydrogens (primary N) is 1. The van der Waals surface area contributed by atoms with Crippen molar-refractivity contribution in [2.24, 2.45) is 5.92 Å². The molecule has 0 unspecified atom stereocenters. The van der Waals surface area contributed by atoms with E-state index in [0.29, 0.717) is 17.1 Å². The van der Waals surface area contributed by atoms with Gasteiger partial charge in [0.15, 0.2) is 0 Å². The minimum absolute atomic E-state index is 0.0144. The van der Waals surface area contributed by atoms with E-state index < -0.39 is 12.1 Å². The lowest BCUT2D eigenvalue weighted by Gasteiger charge is -2.33. The monoisotopic (exact) mass is 304 g/mol. The lowest BCUT2D eigenvalue weighted by molar-refractivity contribution is -0.186. The number of nitrogen functional groups attached to an aromatic ring is 1. The number of carbonyl (C=O) groups excluding carboxylic acids is 1. The van der Waals surface area contributed by atoms with Crippen LogP contribution in [0.2, 0.25) is 0 Å². The molecule has 1 aliphatic heterocycles. The number of hydrogen-bond donors (Lipinski definition) is 1. The Kier molecular flexibility index (Phi) is 4.15. The number of aromatic nitrogens is 2. The third kappa shape index (κ3) is 3.30. The van der Waals surface area contributed by atoms with Crippen molar-refractivity contribution in [3.8, 4) is 0 Å². The number of rotatable bonds is 2. The lowest BCUT2D eigenvalue weighted by atomic mass is 9.96. The van der Waals surface area contributed by atoms with Crippen LogP contribution in [0.4, 0.5) is 18.9 Å². The molecule has 1 aromatic heterocycles. The quantitative estimate of drug-likeness (QED) is 0.907. The molecule has 0 saturated carbocycles. The number of halogens is 3. The molecular formula is C13H19F3N4O. The maximum atomic E-state index is 12.6. The molecule has 2 heterocycles. The van der Waals surface area contributed by atoms with Crippen molar-refractivity contribution in [3.63, 3.8) is 0 Å². The summed E-state index contributed by atoms with van der Waals surface area (Å²) in [6.45, 7) is 3.80. The number of aryl methyl sites for hydroxylation is 1. The summed E-state index contributed by atoms with van der Waals surface area (Å²) in [5.74, 6) is -1.52. The van der Waals surface area contributed by atoms with E-state index in [1.165, 1.54) is 9.58 Å². The fourth-order valence-corrected chi connectivity index (χ4v) is 2.55. The summed E-state index contributed by atoms with van der Waals surface area (Å²) in [5.41, 5.74) is 7.68. The number of carbonyl (C=O) groups is 1. The van der Waals surface area contributed by atoms with Gasteiger partial charge in [0.25, 0.3) is 0 Å². The highest BCUT2D eigenvalue weighted by Gasteiger charge is 2.41. The van der Waals surface area contributed by atoms with E-state index in [4.69, 9.17) is 5.73 Å². The van der Waals surface area contributed by atoms with Crippen LogP contribution in [0.5, 0.6) is 0 Å². The van der Waals surface area contributed by atoms with Gasteiger partial charge in [0, 0.05) is 13.1 Å². The van der Waals surface area contributed by atoms with Crippen LogP contribution in [-0.4, -0.2) is 39.9 Å². The second-order valence-corrected chi connectivity index (χ2v) is 5.44. The summed E-state index contributed by atoms with van der Waals surface area (Å²) in [7, 11) is 0. The van der Waals surface area contributed by atoms with Gasteiger partial charge >= 0.3 is 6.18 Å². The Balaban J connectivity index is 1.95. The molecule has 0 aromatic carbocycles. The van der Waals surface area contributed by atoms with Crippen LogP contribution in [-0.2, 0) is 11.3 Å². The fourth-order valence-electron chi connectivity index (χ4n) is 2.55. The van der Waals surface area contributed by atoms with E-state index in [0.717, 1.165) is 0 Å². The van der Waals surface area contributed by atoms with E-state index in [1.54, 1.807) is 13.8 Å². The highest BCUT2D eigenvalue weighted by Crippen LogP contribution is 2.34. The zero-order valence-electron chi connectivity index (χ0n) is 12.1. The molecule has 0 spiro atoms. The van der Waals surface area contributed by atoms with E-state index in [2.05, 4.69) is 5.10 Å². The van der Waals surface area contributed by atoms with Gasteiger partial charge in [-0.05, 0) is 26.7 Å². The van der Waals surface area contributed by atoms with Crippen LogP contribution in [0.25, 0.3) is 0 Å². The minimum atomic E-state index is -4.17. The van der Waals surface area contributed by atoms with Crippen LogP contribution in [0.3, 0.4) is 0 Å². The van der Waals surface area contributed by atoms with Crippen molar-refractivity contribution in [3.05, 3.63) is 11.4 Å². The second kappa shape index (κ2) is 5.57. The molecule has 8 heteroatoms. The van der Waals surface area contributed by atoms with Gasteiger partial charge < -0.3 is 10.6 Å². The van der Waals surface area contributed by atoms with E-state index in [1.807, 2.05) is 0 Å².